The van der Waals surface area contributed by atoms with E-state index in [1.54, 1.807) is 11.3 Å². The molecule has 2 aromatic carbocycles. The Labute approximate surface area is 136 Å². The number of rotatable bonds is 3. The molecule has 4 aromatic rings. The molecule has 0 fully saturated rings. The van der Waals surface area contributed by atoms with Gasteiger partial charge in [0.2, 0.25) is 4.96 Å². The van der Waals surface area contributed by atoms with Crippen molar-refractivity contribution in [2.75, 3.05) is 0 Å². The maximum atomic E-state index is 5.91. The van der Waals surface area contributed by atoms with Gasteiger partial charge in [0.05, 0.1) is 0 Å². The number of hydrogen-bond donors (Lipinski definition) is 0. The van der Waals surface area contributed by atoms with Crippen LogP contribution in [0, 0.1) is 0 Å². The molecule has 0 radical (unpaired) electrons. The molecule has 0 saturated carbocycles. The number of aromatic nitrogens is 4. The zero-order valence-electron chi connectivity index (χ0n) is 11.5. The van der Waals surface area contributed by atoms with Gasteiger partial charge in [-0.25, -0.2) is 0 Å². The van der Waals surface area contributed by atoms with Crippen molar-refractivity contribution in [3.05, 3.63) is 70.2 Å². The molecular weight excluding hydrogens is 316 g/mol. The van der Waals surface area contributed by atoms with E-state index in [1.807, 2.05) is 59.1 Å². The molecule has 6 heteroatoms. The second-order valence-corrected chi connectivity index (χ2v) is 6.36. The zero-order valence-corrected chi connectivity index (χ0v) is 13.1. The molecule has 0 spiro atoms. The predicted octanol–water partition coefficient (Wildman–Crippen LogP) is 4.10. The van der Waals surface area contributed by atoms with E-state index >= 15 is 0 Å². The van der Waals surface area contributed by atoms with Gasteiger partial charge in [0.1, 0.15) is 5.01 Å². The highest BCUT2D eigenvalue weighted by molar-refractivity contribution is 7.16. The summed E-state index contributed by atoms with van der Waals surface area (Å²) in [7, 11) is 0. The first kappa shape index (κ1) is 13.4. The smallest absolute Gasteiger partial charge is 0.183 e. The first-order valence-electron chi connectivity index (χ1n) is 6.80. The van der Waals surface area contributed by atoms with Gasteiger partial charge in [-0.3, -0.25) is 0 Å². The lowest BCUT2D eigenvalue weighted by atomic mass is 10.2. The van der Waals surface area contributed by atoms with Gasteiger partial charge >= 0.3 is 0 Å². The lowest BCUT2D eigenvalue weighted by Crippen LogP contribution is -1.93. The molecule has 0 saturated heterocycles. The van der Waals surface area contributed by atoms with Gasteiger partial charge in [-0.05, 0) is 17.7 Å². The van der Waals surface area contributed by atoms with Crippen molar-refractivity contribution in [2.24, 2.45) is 0 Å². The molecule has 2 aromatic heterocycles. The minimum Gasteiger partial charge on any atom is -0.183 e. The van der Waals surface area contributed by atoms with Crippen molar-refractivity contribution in [2.45, 2.75) is 6.42 Å². The molecule has 0 atom stereocenters. The van der Waals surface area contributed by atoms with Crippen LogP contribution in [-0.4, -0.2) is 19.8 Å². The molecule has 4 rings (SSSR count). The third-order valence-electron chi connectivity index (χ3n) is 3.33. The highest BCUT2D eigenvalue weighted by atomic mass is 35.5. The topological polar surface area (TPSA) is 43.1 Å². The summed E-state index contributed by atoms with van der Waals surface area (Å²) in [5, 5.41) is 14.8. The first-order valence-corrected chi connectivity index (χ1v) is 8.00. The molecule has 0 aliphatic rings. The van der Waals surface area contributed by atoms with Crippen LogP contribution in [-0.2, 0) is 6.42 Å². The fourth-order valence-corrected chi connectivity index (χ4v) is 3.27. The average Bonchev–Trinajstić information content (AvgIpc) is 3.10. The van der Waals surface area contributed by atoms with E-state index in [0.717, 1.165) is 32.8 Å². The largest absolute Gasteiger partial charge is 0.234 e. The van der Waals surface area contributed by atoms with Gasteiger partial charge in [0, 0.05) is 17.0 Å². The SMILES string of the molecule is Clc1ccc(Cc2nn3c(-c4ccccc4)nnc3s2)cc1. The Balaban J connectivity index is 1.70. The molecular formula is C16H11ClN4S. The van der Waals surface area contributed by atoms with Crippen molar-refractivity contribution in [3.8, 4) is 11.4 Å². The van der Waals surface area contributed by atoms with Crippen LogP contribution in [0.25, 0.3) is 16.3 Å². The summed E-state index contributed by atoms with van der Waals surface area (Å²) in [6.07, 6.45) is 0.763. The Bertz CT molecular complexity index is 912. The fraction of sp³-hybridized carbons (Fsp3) is 0.0625. The van der Waals surface area contributed by atoms with Crippen molar-refractivity contribution >= 4 is 27.9 Å². The van der Waals surface area contributed by atoms with Crippen LogP contribution in [0.3, 0.4) is 0 Å². The monoisotopic (exact) mass is 326 g/mol. The maximum Gasteiger partial charge on any atom is 0.234 e. The Morgan fingerprint density at radius 3 is 2.50 bits per heavy atom. The van der Waals surface area contributed by atoms with Crippen molar-refractivity contribution in [1.82, 2.24) is 19.8 Å². The quantitative estimate of drug-likeness (QED) is 0.569. The van der Waals surface area contributed by atoms with Gasteiger partial charge in [0.15, 0.2) is 5.82 Å². The van der Waals surface area contributed by atoms with Crippen LogP contribution in [0.1, 0.15) is 10.6 Å². The Morgan fingerprint density at radius 1 is 0.955 bits per heavy atom. The van der Waals surface area contributed by atoms with Gasteiger partial charge < -0.3 is 0 Å². The molecule has 0 unspecified atom stereocenters. The van der Waals surface area contributed by atoms with Crippen molar-refractivity contribution in [1.29, 1.82) is 0 Å². The van der Waals surface area contributed by atoms with E-state index in [9.17, 15) is 0 Å². The van der Waals surface area contributed by atoms with Crippen LogP contribution in [0.2, 0.25) is 5.02 Å². The van der Waals surface area contributed by atoms with Crippen molar-refractivity contribution < 1.29 is 0 Å². The zero-order chi connectivity index (χ0) is 14.9. The summed E-state index contributed by atoms with van der Waals surface area (Å²) < 4.78 is 1.81. The van der Waals surface area contributed by atoms with E-state index in [-0.39, 0.29) is 0 Å². The van der Waals surface area contributed by atoms with Crippen LogP contribution < -0.4 is 0 Å². The molecule has 0 amide bonds. The predicted molar refractivity (Wildman–Crippen MR) is 88.4 cm³/mol. The number of nitrogens with zero attached hydrogens (tertiary/aromatic N) is 4. The Morgan fingerprint density at radius 2 is 1.73 bits per heavy atom. The van der Waals surface area contributed by atoms with Crippen LogP contribution >= 0.6 is 22.9 Å². The summed E-state index contributed by atoms with van der Waals surface area (Å²) in [6.45, 7) is 0. The second kappa shape index (κ2) is 5.51. The normalized spacial score (nSPS) is 11.1. The van der Waals surface area contributed by atoms with E-state index in [1.165, 1.54) is 5.56 Å². The number of hydrogen-bond acceptors (Lipinski definition) is 4. The third-order valence-corrected chi connectivity index (χ3v) is 4.48. The molecule has 0 aliphatic heterocycles. The molecule has 0 aliphatic carbocycles. The molecule has 0 bridgehead atoms. The van der Waals surface area contributed by atoms with Crippen LogP contribution in [0.4, 0.5) is 0 Å². The first-order chi connectivity index (χ1) is 10.8. The number of fused-ring (bicyclic) bond motifs is 1. The summed E-state index contributed by atoms with van der Waals surface area (Å²) >= 11 is 7.47. The van der Waals surface area contributed by atoms with E-state index in [4.69, 9.17) is 11.6 Å². The molecule has 0 N–H and O–H groups in total. The summed E-state index contributed by atoms with van der Waals surface area (Å²) in [4.78, 5) is 0.808. The van der Waals surface area contributed by atoms with Gasteiger partial charge in [-0.2, -0.15) is 9.61 Å². The summed E-state index contributed by atoms with van der Waals surface area (Å²) in [5.74, 6) is 0.772. The fourth-order valence-electron chi connectivity index (χ4n) is 2.27. The molecule has 108 valence electrons. The van der Waals surface area contributed by atoms with Crippen LogP contribution in [0.5, 0.6) is 0 Å². The molecule has 4 nitrogen and oxygen atoms in total. The Kier molecular flexibility index (Phi) is 3.36. The highest BCUT2D eigenvalue weighted by Gasteiger charge is 2.13. The number of halogens is 1. The van der Waals surface area contributed by atoms with Crippen molar-refractivity contribution in [3.63, 3.8) is 0 Å². The van der Waals surface area contributed by atoms with Gasteiger partial charge in [0.25, 0.3) is 0 Å². The van der Waals surface area contributed by atoms with E-state index in [2.05, 4.69) is 15.3 Å². The maximum absolute atomic E-state index is 5.91. The summed E-state index contributed by atoms with van der Waals surface area (Å²) in [6, 6.07) is 17.8. The minimum absolute atomic E-state index is 0.744. The van der Waals surface area contributed by atoms with Gasteiger partial charge in [-0.15, -0.1) is 10.2 Å². The van der Waals surface area contributed by atoms with Crippen LogP contribution in [0.15, 0.2) is 54.6 Å². The average molecular weight is 327 g/mol. The van der Waals surface area contributed by atoms with Gasteiger partial charge in [-0.1, -0.05) is 65.4 Å². The third kappa shape index (κ3) is 2.49. The lowest BCUT2D eigenvalue weighted by molar-refractivity contribution is 0.918. The van der Waals surface area contributed by atoms with E-state index < -0.39 is 0 Å². The lowest BCUT2D eigenvalue weighted by Gasteiger charge is -1.98. The second-order valence-electron chi connectivity index (χ2n) is 4.88. The number of benzene rings is 2. The summed E-state index contributed by atoms with van der Waals surface area (Å²) in [5.41, 5.74) is 2.19. The molecule has 22 heavy (non-hydrogen) atoms. The molecule has 2 heterocycles. The minimum atomic E-state index is 0.744. The highest BCUT2D eigenvalue weighted by Crippen LogP contribution is 2.23. The van der Waals surface area contributed by atoms with E-state index in [0.29, 0.717) is 0 Å². The Hall–Kier alpha value is -2.24. The standard InChI is InChI=1S/C16H11ClN4S/c17-13-8-6-11(7-9-13)10-14-20-21-15(18-19-16(21)22-14)12-4-2-1-3-5-12/h1-9H,10H2.